The zero-order valence-corrected chi connectivity index (χ0v) is 20.6. The van der Waals surface area contributed by atoms with E-state index in [2.05, 4.69) is 129 Å². The van der Waals surface area contributed by atoms with Crippen LogP contribution in [0.1, 0.15) is 65.1 Å². The van der Waals surface area contributed by atoms with E-state index in [0.29, 0.717) is 5.92 Å². The molecule has 0 radical (unpaired) electrons. The molecule has 0 saturated carbocycles. The maximum atomic E-state index is 2.31. The van der Waals surface area contributed by atoms with Crippen molar-refractivity contribution in [3.05, 3.63) is 142 Å². The van der Waals surface area contributed by atoms with E-state index in [-0.39, 0.29) is 0 Å². The van der Waals surface area contributed by atoms with Crippen molar-refractivity contribution in [2.45, 2.75) is 51.9 Å². The summed E-state index contributed by atoms with van der Waals surface area (Å²) < 4.78 is 0. The fraction of sp³-hybridized carbons (Fsp3) is 0.235. The van der Waals surface area contributed by atoms with Gasteiger partial charge >= 0.3 is 0 Å². The lowest BCUT2D eigenvalue weighted by atomic mass is 9.93. The first-order chi connectivity index (χ1) is 16.7. The van der Waals surface area contributed by atoms with Crippen LogP contribution in [-0.2, 0) is 25.7 Å². The fourth-order valence-corrected chi connectivity index (χ4v) is 4.46. The van der Waals surface area contributed by atoms with Gasteiger partial charge in [-0.15, -0.1) is 0 Å². The van der Waals surface area contributed by atoms with E-state index in [4.69, 9.17) is 0 Å². The van der Waals surface area contributed by atoms with Crippen molar-refractivity contribution in [1.82, 2.24) is 0 Å². The average Bonchev–Trinajstić information content (AvgIpc) is 2.89. The summed E-state index contributed by atoms with van der Waals surface area (Å²) in [6.45, 7) is 4.53. The first kappa shape index (κ1) is 23.8. The number of hydrogen-bond acceptors (Lipinski definition) is 0. The molecule has 0 saturated heterocycles. The summed E-state index contributed by atoms with van der Waals surface area (Å²) in [5.74, 6) is 0.542. The lowest BCUT2D eigenvalue weighted by Gasteiger charge is -2.12. The topological polar surface area (TPSA) is 0 Å². The van der Waals surface area contributed by atoms with Crippen LogP contribution in [0.5, 0.6) is 0 Å². The van der Waals surface area contributed by atoms with Crippen molar-refractivity contribution < 1.29 is 0 Å². The molecule has 172 valence electrons. The highest BCUT2D eigenvalue weighted by atomic mass is 14.1. The van der Waals surface area contributed by atoms with Gasteiger partial charge in [-0.3, -0.25) is 0 Å². The Balaban J connectivity index is 1.26. The van der Waals surface area contributed by atoms with Crippen molar-refractivity contribution in [3.63, 3.8) is 0 Å². The predicted octanol–water partition coefficient (Wildman–Crippen LogP) is 8.94. The van der Waals surface area contributed by atoms with Gasteiger partial charge in [0.25, 0.3) is 0 Å². The van der Waals surface area contributed by atoms with E-state index in [1.165, 1.54) is 45.4 Å². The van der Waals surface area contributed by atoms with Crippen molar-refractivity contribution in [2.75, 3.05) is 0 Å². The Morgan fingerprint density at radius 2 is 0.971 bits per heavy atom. The van der Waals surface area contributed by atoms with E-state index in [1.54, 1.807) is 0 Å². The van der Waals surface area contributed by atoms with E-state index in [0.717, 1.165) is 25.7 Å². The van der Waals surface area contributed by atoms with Gasteiger partial charge in [0.15, 0.2) is 0 Å². The minimum absolute atomic E-state index is 0.542. The van der Waals surface area contributed by atoms with Gasteiger partial charge in [-0.05, 0) is 70.5 Å². The summed E-state index contributed by atoms with van der Waals surface area (Å²) in [6, 6.07) is 37.9. The van der Waals surface area contributed by atoms with Crippen LogP contribution in [0.25, 0.3) is 12.2 Å². The SMILES string of the molecule is CCCc1ccc(C=Cc2ccc(CCc3ccc(C[C@@H](C)c4ccccc4)cc3)cc2)cc1. The highest BCUT2D eigenvalue weighted by Gasteiger charge is 2.06. The standard InChI is InChI=1S/C34H36/c1-3-7-28-10-12-29(13-11-28)14-15-30-16-18-31(19-17-30)20-21-32-22-24-33(25-23-32)26-27(2)34-8-5-4-6-9-34/h4-6,8-19,22-25,27H,3,7,20-21,26H2,1-2H3/t27-/m1/s1. The van der Waals surface area contributed by atoms with Crippen molar-refractivity contribution in [2.24, 2.45) is 0 Å². The van der Waals surface area contributed by atoms with Crippen molar-refractivity contribution in [1.29, 1.82) is 0 Å². The zero-order chi connectivity index (χ0) is 23.6. The lowest BCUT2D eigenvalue weighted by Crippen LogP contribution is -1.99. The van der Waals surface area contributed by atoms with Crippen LogP contribution in [-0.4, -0.2) is 0 Å². The Hall–Kier alpha value is -3.38. The Bertz CT molecular complexity index is 1150. The van der Waals surface area contributed by atoms with E-state index in [9.17, 15) is 0 Å². The molecule has 4 aromatic rings. The summed E-state index contributed by atoms with van der Waals surface area (Å²) in [6.07, 6.45) is 9.99. The van der Waals surface area contributed by atoms with E-state index in [1.807, 2.05) is 0 Å². The molecule has 0 spiro atoms. The molecule has 0 nitrogen and oxygen atoms in total. The quantitative estimate of drug-likeness (QED) is 0.214. The fourth-order valence-electron chi connectivity index (χ4n) is 4.46. The molecular weight excluding hydrogens is 408 g/mol. The molecular formula is C34H36. The van der Waals surface area contributed by atoms with Crippen molar-refractivity contribution in [3.8, 4) is 0 Å². The minimum atomic E-state index is 0.542. The number of hydrogen-bond donors (Lipinski definition) is 0. The van der Waals surface area contributed by atoms with Crippen LogP contribution in [0.4, 0.5) is 0 Å². The third-order valence-corrected chi connectivity index (χ3v) is 6.60. The Morgan fingerprint density at radius 3 is 1.47 bits per heavy atom. The molecule has 0 aromatic heterocycles. The van der Waals surface area contributed by atoms with Crippen LogP contribution in [0.15, 0.2) is 103 Å². The van der Waals surface area contributed by atoms with Gasteiger partial charge in [-0.2, -0.15) is 0 Å². The van der Waals surface area contributed by atoms with Gasteiger partial charge < -0.3 is 0 Å². The molecule has 4 aromatic carbocycles. The normalized spacial score (nSPS) is 12.2. The van der Waals surface area contributed by atoms with Gasteiger partial charge in [0.2, 0.25) is 0 Å². The second-order valence-corrected chi connectivity index (χ2v) is 9.40. The summed E-state index contributed by atoms with van der Waals surface area (Å²) in [4.78, 5) is 0. The van der Waals surface area contributed by atoms with Gasteiger partial charge in [0, 0.05) is 0 Å². The first-order valence-corrected chi connectivity index (χ1v) is 12.7. The number of aryl methyl sites for hydroxylation is 3. The van der Waals surface area contributed by atoms with Gasteiger partial charge in [-0.25, -0.2) is 0 Å². The minimum Gasteiger partial charge on any atom is -0.0651 e. The highest BCUT2D eigenvalue weighted by molar-refractivity contribution is 5.69. The number of rotatable bonds is 10. The van der Waals surface area contributed by atoms with E-state index >= 15 is 0 Å². The maximum Gasteiger partial charge on any atom is -0.0150 e. The lowest BCUT2D eigenvalue weighted by molar-refractivity contribution is 0.758. The second-order valence-electron chi connectivity index (χ2n) is 9.40. The smallest absolute Gasteiger partial charge is 0.0150 e. The molecule has 0 aliphatic carbocycles. The number of benzene rings is 4. The molecule has 0 aliphatic rings. The first-order valence-electron chi connectivity index (χ1n) is 12.7. The third kappa shape index (κ3) is 7.06. The second kappa shape index (κ2) is 12.2. The summed E-state index contributed by atoms with van der Waals surface area (Å²) in [5.41, 5.74) is 9.55. The molecule has 0 aliphatic heterocycles. The Kier molecular flexibility index (Phi) is 8.52. The predicted molar refractivity (Wildman–Crippen MR) is 148 cm³/mol. The molecule has 1 atom stereocenters. The molecule has 34 heavy (non-hydrogen) atoms. The van der Waals surface area contributed by atoms with Crippen LogP contribution >= 0.6 is 0 Å². The maximum absolute atomic E-state index is 2.31. The van der Waals surface area contributed by atoms with Crippen LogP contribution in [0, 0.1) is 0 Å². The van der Waals surface area contributed by atoms with Crippen LogP contribution in [0.3, 0.4) is 0 Å². The van der Waals surface area contributed by atoms with Gasteiger partial charge in [0.1, 0.15) is 0 Å². The summed E-state index contributed by atoms with van der Waals surface area (Å²) >= 11 is 0. The van der Waals surface area contributed by atoms with Crippen LogP contribution in [0.2, 0.25) is 0 Å². The zero-order valence-electron chi connectivity index (χ0n) is 20.6. The van der Waals surface area contributed by atoms with Gasteiger partial charge in [-0.1, -0.05) is 136 Å². The Labute approximate surface area is 206 Å². The van der Waals surface area contributed by atoms with E-state index < -0.39 is 0 Å². The Morgan fingerprint density at radius 1 is 0.529 bits per heavy atom. The molecule has 0 heteroatoms. The molecule has 0 amide bonds. The molecule has 0 heterocycles. The van der Waals surface area contributed by atoms with Crippen molar-refractivity contribution >= 4 is 12.2 Å². The third-order valence-electron chi connectivity index (χ3n) is 6.60. The monoisotopic (exact) mass is 444 g/mol. The van der Waals surface area contributed by atoms with Gasteiger partial charge in [0.05, 0.1) is 0 Å². The summed E-state index contributed by atoms with van der Waals surface area (Å²) in [7, 11) is 0. The molecule has 0 fully saturated rings. The molecule has 4 rings (SSSR count). The van der Waals surface area contributed by atoms with Crippen LogP contribution < -0.4 is 0 Å². The highest BCUT2D eigenvalue weighted by Crippen LogP contribution is 2.21. The molecule has 0 unspecified atom stereocenters. The summed E-state index contributed by atoms with van der Waals surface area (Å²) in [5, 5.41) is 0. The largest absolute Gasteiger partial charge is 0.0651 e. The molecule has 0 bridgehead atoms. The average molecular weight is 445 g/mol. The molecule has 0 N–H and O–H groups in total.